The summed E-state index contributed by atoms with van der Waals surface area (Å²) in [5.41, 5.74) is 3.41. The molecule has 40 heavy (non-hydrogen) atoms. The van der Waals surface area contributed by atoms with E-state index in [-0.39, 0.29) is 37.7 Å². The van der Waals surface area contributed by atoms with E-state index in [4.69, 9.17) is 14.2 Å². The number of aromatic nitrogens is 2. The third kappa shape index (κ3) is 7.11. The summed E-state index contributed by atoms with van der Waals surface area (Å²) < 4.78 is 94.9. The Morgan fingerprint density at radius 2 is 1.70 bits per heavy atom. The van der Waals surface area contributed by atoms with E-state index >= 15 is 0 Å². The third-order valence-electron chi connectivity index (χ3n) is 7.07. The van der Waals surface area contributed by atoms with E-state index in [0.717, 1.165) is 12.4 Å². The summed E-state index contributed by atoms with van der Waals surface area (Å²) in [4.78, 5) is 35.9. The van der Waals surface area contributed by atoms with Crippen molar-refractivity contribution in [3.63, 3.8) is 0 Å². The van der Waals surface area contributed by atoms with Crippen LogP contribution >= 0.6 is 0 Å². The number of hydrogen-bond donors (Lipinski definition) is 2. The van der Waals surface area contributed by atoms with Crippen LogP contribution in [0, 0.1) is 5.92 Å². The van der Waals surface area contributed by atoms with Gasteiger partial charge in [-0.05, 0) is 12.8 Å². The minimum absolute atomic E-state index is 0.113. The lowest BCUT2D eigenvalue weighted by atomic mass is 9.99. The fourth-order valence-electron chi connectivity index (χ4n) is 5.07. The number of halogens is 6. The molecule has 1 aromatic rings. The fourth-order valence-corrected chi connectivity index (χ4v) is 5.07. The normalized spacial score (nSPS) is 25.8. The molecule has 4 atom stereocenters. The molecule has 17 heteroatoms. The van der Waals surface area contributed by atoms with Crippen molar-refractivity contribution in [1.29, 1.82) is 0 Å². The molecule has 3 aliphatic rings. The van der Waals surface area contributed by atoms with Crippen LogP contribution in [0.3, 0.4) is 0 Å². The maximum Gasteiger partial charge on any atom is 0.419 e. The molecule has 4 heterocycles. The standard InChI is InChI=1S/C23H30F6N6O5/c1-38-11-15(40-17-10-32-33-19(36)18(17)23(27,28)29)12-39-16-4-7-35(20(16)37)14-2-5-34(6-3-14)21-30-8-13(9-31-21)22(24,25)26/h8-9,14-18,32H,2-7,10-12H2,1H3,(H,33,36)/t15-,16+,17?,18?/m0/s1. The Morgan fingerprint density at radius 3 is 2.30 bits per heavy atom. The lowest BCUT2D eigenvalue weighted by Gasteiger charge is -2.37. The van der Waals surface area contributed by atoms with Gasteiger partial charge in [0.15, 0.2) is 5.92 Å². The maximum atomic E-state index is 13.4. The van der Waals surface area contributed by atoms with Crippen molar-refractivity contribution in [2.24, 2.45) is 5.92 Å². The molecule has 0 bridgehead atoms. The molecular formula is C23H30F6N6O5. The van der Waals surface area contributed by atoms with E-state index in [1.54, 1.807) is 9.80 Å². The summed E-state index contributed by atoms with van der Waals surface area (Å²) in [6, 6.07) is -0.114. The van der Waals surface area contributed by atoms with Crippen molar-refractivity contribution in [2.45, 2.75) is 56.0 Å². The molecule has 0 aliphatic carbocycles. The Morgan fingerprint density at radius 1 is 1.02 bits per heavy atom. The molecule has 11 nitrogen and oxygen atoms in total. The van der Waals surface area contributed by atoms with Crippen LogP contribution in [0.15, 0.2) is 12.4 Å². The first-order valence-corrected chi connectivity index (χ1v) is 12.7. The summed E-state index contributed by atoms with van der Waals surface area (Å²) in [6.07, 6.45) is -9.66. The first-order chi connectivity index (χ1) is 18.9. The van der Waals surface area contributed by atoms with Gasteiger partial charge >= 0.3 is 12.4 Å². The zero-order chi connectivity index (χ0) is 29.1. The lowest BCUT2D eigenvalue weighted by Crippen LogP contribution is -2.61. The Bertz CT molecular complexity index is 1020. The van der Waals surface area contributed by atoms with E-state index in [1.807, 2.05) is 5.43 Å². The van der Waals surface area contributed by atoms with Crippen LogP contribution in [0.25, 0.3) is 0 Å². The summed E-state index contributed by atoms with van der Waals surface area (Å²) in [5, 5.41) is 0. The highest BCUT2D eigenvalue weighted by Gasteiger charge is 2.52. The molecule has 2 N–H and O–H groups in total. The van der Waals surface area contributed by atoms with Gasteiger partial charge in [0.25, 0.3) is 5.91 Å². The van der Waals surface area contributed by atoms with Crippen molar-refractivity contribution in [1.82, 2.24) is 25.7 Å². The molecule has 2 unspecified atom stereocenters. The number of nitrogens with one attached hydrogen (secondary N) is 2. The number of alkyl halides is 6. The fraction of sp³-hybridized carbons (Fsp3) is 0.739. The number of hydrazine groups is 1. The second-order valence-electron chi connectivity index (χ2n) is 9.77. The molecular weight excluding hydrogens is 554 g/mol. The molecule has 2 amide bonds. The van der Waals surface area contributed by atoms with Gasteiger partial charge in [-0.15, -0.1) is 0 Å². The first kappa shape index (κ1) is 30.2. The summed E-state index contributed by atoms with van der Waals surface area (Å²) >= 11 is 0. The summed E-state index contributed by atoms with van der Waals surface area (Å²) in [5.74, 6) is -3.69. The molecule has 3 saturated heterocycles. The topological polar surface area (TPSA) is 118 Å². The van der Waals surface area contributed by atoms with E-state index < -0.39 is 48.1 Å². The number of rotatable bonds is 9. The van der Waals surface area contributed by atoms with Gasteiger partial charge in [0.05, 0.1) is 24.9 Å². The minimum Gasteiger partial charge on any atom is -0.382 e. The first-order valence-electron chi connectivity index (χ1n) is 12.7. The van der Waals surface area contributed by atoms with Gasteiger partial charge in [-0.3, -0.25) is 15.0 Å². The molecule has 3 aliphatic heterocycles. The van der Waals surface area contributed by atoms with Crippen molar-refractivity contribution >= 4 is 17.8 Å². The zero-order valence-electron chi connectivity index (χ0n) is 21.5. The number of hydrogen-bond acceptors (Lipinski definition) is 9. The minimum atomic E-state index is -4.81. The average Bonchev–Trinajstić information content (AvgIpc) is 3.26. The number of amides is 2. The Labute approximate surface area is 225 Å². The van der Waals surface area contributed by atoms with Gasteiger partial charge in [0.2, 0.25) is 11.9 Å². The highest BCUT2D eigenvalue weighted by molar-refractivity contribution is 5.83. The number of carbonyl (C=O) groups excluding carboxylic acids is 2. The molecule has 0 aromatic carbocycles. The van der Waals surface area contributed by atoms with E-state index in [9.17, 15) is 35.9 Å². The highest BCUT2D eigenvalue weighted by atomic mass is 19.4. The van der Waals surface area contributed by atoms with E-state index in [2.05, 4.69) is 15.4 Å². The second kappa shape index (κ2) is 12.4. The van der Waals surface area contributed by atoms with Crippen molar-refractivity contribution in [2.75, 3.05) is 51.4 Å². The lowest BCUT2D eigenvalue weighted by molar-refractivity contribution is -0.223. The van der Waals surface area contributed by atoms with Crippen molar-refractivity contribution < 1.29 is 50.1 Å². The second-order valence-corrected chi connectivity index (χ2v) is 9.77. The predicted molar refractivity (Wildman–Crippen MR) is 125 cm³/mol. The highest BCUT2D eigenvalue weighted by Crippen LogP contribution is 2.33. The van der Waals surface area contributed by atoms with Crippen LogP contribution in [0.2, 0.25) is 0 Å². The van der Waals surface area contributed by atoms with Gasteiger partial charge in [-0.25, -0.2) is 15.4 Å². The molecule has 224 valence electrons. The van der Waals surface area contributed by atoms with Gasteiger partial charge < -0.3 is 24.0 Å². The van der Waals surface area contributed by atoms with Gasteiger partial charge in [0.1, 0.15) is 12.2 Å². The smallest absolute Gasteiger partial charge is 0.382 e. The number of likely N-dealkylation sites (tertiary alicyclic amines) is 1. The predicted octanol–water partition coefficient (Wildman–Crippen LogP) is 1.29. The van der Waals surface area contributed by atoms with Gasteiger partial charge in [-0.2, -0.15) is 26.3 Å². The van der Waals surface area contributed by atoms with Gasteiger partial charge in [-0.1, -0.05) is 0 Å². The largest absolute Gasteiger partial charge is 0.419 e. The Kier molecular flexibility index (Phi) is 9.36. The number of anilines is 1. The zero-order valence-corrected chi connectivity index (χ0v) is 21.5. The van der Waals surface area contributed by atoms with Crippen LogP contribution in [-0.2, 0) is 30.0 Å². The van der Waals surface area contributed by atoms with Crippen LogP contribution < -0.4 is 15.8 Å². The molecule has 3 fully saturated rings. The number of ether oxygens (including phenoxy) is 3. The maximum absolute atomic E-state index is 13.4. The number of methoxy groups -OCH3 is 1. The van der Waals surface area contributed by atoms with Gasteiger partial charge in [0, 0.05) is 58.1 Å². The quantitative estimate of drug-likeness (QED) is 0.414. The molecule has 0 spiro atoms. The molecule has 0 radical (unpaired) electrons. The Hall–Kier alpha value is -2.76. The number of piperidine rings is 1. The monoisotopic (exact) mass is 584 g/mol. The molecule has 1 aromatic heterocycles. The SMILES string of the molecule is COC[C@@H](CO[C@@H]1CCN(C2CCN(c3ncc(C(F)(F)F)cn3)CC2)C1=O)OC1CNNC(=O)C1C(F)(F)F. The van der Waals surface area contributed by atoms with Crippen LogP contribution in [0.4, 0.5) is 32.3 Å². The van der Waals surface area contributed by atoms with Crippen molar-refractivity contribution in [3.8, 4) is 0 Å². The van der Waals surface area contributed by atoms with Crippen LogP contribution in [-0.4, -0.2) is 104 Å². The summed E-state index contributed by atoms with van der Waals surface area (Å²) in [6.45, 7) is 0.700. The van der Waals surface area contributed by atoms with E-state index in [0.29, 0.717) is 38.9 Å². The summed E-state index contributed by atoms with van der Waals surface area (Å²) in [7, 11) is 1.34. The van der Waals surface area contributed by atoms with E-state index in [1.165, 1.54) is 7.11 Å². The molecule has 0 saturated carbocycles. The Balaban J connectivity index is 1.27. The molecule has 4 rings (SSSR count). The third-order valence-corrected chi connectivity index (χ3v) is 7.07. The average molecular weight is 585 g/mol. The number of nitrogens with zero attached hydrogens (tertiary/aromatic N) is 4. The van der Waals surface area contributed by atoms with Crippen LogP contribution in [0.1, 0.15) is 24.8 Å². The van der Waals surface area contributed by atoms with Crippen molar-refractivity contribution in [3.05, 3.63) is 18.0 Å². The number of carbonyl (C=O) groups is 2. The van der Waals surface area contributed by atoms with Crippen LogP contribution in [0.5, 0.6) is 0 Å².